The van der Waals surface area contributed by atoms with Crippen molar-refractivity contribution in [1.82, 2.24) is 4.90 Å². The lowest BCUT2D eigenvalue weighted by Gasteiger charge is -2.52. The third-order valence-electron chi connectivity index (χ3n) is 12.5. The Morgan fingerprint density at radius 2 is 1.74 bits per heavy atom. The molecule has 1 aromatic carbocycles. The average Bonchev–Trinajstić information content (AvgIpc) is 3.39. The Hall–Kier alpha value is -1.43. The molecule has 5 heteroatoms. The molecule has 7 atom stereocenters. The number of ether oxygens (including phenoxy) is 2. The zero-order valence-corrected chi connectivity index (χ0v) is 31.9. The maximum Gasteiger partial charge on any atom is 0.165 e. The first-order valence-electron chi connectivity index (χ1n) is 20.1. The molecule has 1 saturated heterocycles. The van der Waals surface area contributed by atoms with E-state index >= 15 is 0 Å². The fraction of sp³-hybridized carbons (Fsp3) is 0.833. The standard InChI is InChI=1S/C38H61NO4.2C2H6/c1-5-24-39-25-8-7-16-34(39)30-13-10-15-32(27-30)42-26-23-37(19-11-17-35(37)40)20-18-33-29(3)12-9-14-31-28-38(41,43-6-2)22-21-36(31,33)4;2*1-2/h10,13,15,27,29,31,33-34,41H,5-9,11-12,14,16-26,28H2,1-4H3;2*1-2H3. The Morgan fingerprint density at radius 1 is 0.957 bits per heavy atom. The van der Waals surface area contributed by atoms with Crippen LogP contribution >= 0.6 is 0 Å². The molecule has 3 saturated carbocycles. The molecule has 1 aromatic rings. The van der Waals surface area contributed by atoms with Crippen molar-refractivity contribution in [2.45, 2.75) is 170 Å². The average molecular weight is 656 g/mol. The molecular formula is C42H73NO4. The van der Waals surface area contributed by atoms with Crippen molar-refractivity contribution in [2.75, 3.05) is 26.3 Å². The van der Waals surface area contributed by atoms with Gasteiger partial charge < -0.3 is 14.6 Å². The van der Waals surface area contributed by atoms with Crippen molar-refractivity contribution >= 4 is 5.78 Å². The first kappa shape index (κ1) is 40.0. The molecule has 4 aliphatic rings. The molecule has 0 aromatic heterocycles. The van der Waals surface area contributed by atoms with Crippen molar-refractivity contribution < 1.29 is 19.4 Å². The highest BCUT2D eigenvalue weighted by molar-refractivity contribution is 5.86. The zero-order chi connectivity index (χ0) is 34.5. The van der Waals surface area contributed by atoms with Gasteiger partial charge in [0.15, 0.2) is 5.79 Å². The number of Topliss-reactive ketones (excluding diaryl/α,β-unsaturated/α-hetero) is 1. The molecule has 4 fully saturated rings. The van der Waals surface area contributed by atoms with Crippen LogP contribution in [0.1, 0.15) is 170 Å². The van der Waals surface area contributed by atoms with Gasteiger partial charge in [-0.1, -0.05) is 79.9 Å². The zero-order valence-electron chi connectivity index (χ0n) is 31.9. The van der Waals surface area contributed by atoms with Crippen molar-refractivity contribution in [2.24, 2.45) is 28.6 Å². The van der Waals surface area contributed by atoms with Gasteiger partial charge in [-0.05, 0) is 125 Å². The van der Waals surface area contributed by atoms with Crippen LogP contribution in [0.15, 0.2) is 24.3 Å². The number of fused-ring (bicyclic) bond motifs is 1. The number of nitrogens with zero attached hydrogens (tertiary/aromatic N) is 1. The van der Waals surface area contributed by atoms with Crippen molar-refractivity contribution in [3.05, 3.63) is 29.8 Å². The monoisotopic (exact) mass is 656 g/mol. The molecule has 0 amide bonds. The van der Waals surface area contributed by atoms with Gasteiger partial charge in [0.1, 0.15) is 11.5 Å². The fourth-order valence-corrected chi connectivity index (χ4v) is 10.0. The quantitative estimate of drug-likeness (QED) is 0.227. The second-order valence-electron chi connectivity index (χ2n) is 15.1. The van der Waals surface area contributed by atoms with Crippen molar-refractivity contribution in [3.63, 3.8) is 0 Å². The van der Waals surface area contributed by atoms with Gasteiger partial charge in [0.2, 0.25) is 0 Å². The number of rotatable bonds is 12. The molecule has 1 N–H and O–H groups in total. The summed E-state index contributed by atoms with van der Waals surface area (Å²) in [5.41, 5.74) is 1.34. The lowest BCUT2D eigenvalue weighted by atomic mass is 9.55. The highest BCUT2D eigenvalue weighted by Gasteiger charge is 2.53. The number of carbonyl (C=O) groups excluding carboxylic acids is 1. The van der Waals surface area contributed by atoms with Crippen molar-refractivity contribution in [3.8, 4) is 5.75 Å². The molecule has 5 nitrogen and oxygen atoms in total. The van der Waals surface area contributed by atoms with Crippen LogP contribution in [0, 0.1) is 28.6 Å². The van der Waals surface area contributed by atoms with Gasteiger partial charge in [-0.2, -0.15) is 0 Å². The SMILES string of the molecule is CC.CC.CCCN1CCCCC1c1cccc(OCCC2(CCC3C(C)CCCC4CC(O)(OCC)CCC43C)CCCC2=O)c1. The molecule has 0 radical (unpaired) electrons. The molecule has 7 unspecified atom stereocenters. The van der Waals surface area contributed by atoms with E-state index in [1.54, 1.807) is 0 Å². The smallest absolute Gasteiger partial charge is 0.165 e. The summed E-state index contributed by atoms with van der Waals surface area (Å²) in [5.74, 6) is 2.18. The van der Waals surface area contributed by atoms with E-state index in [2.05, 4.69) is 49.9 Å². The summed E-state index contributed by atoms with van der Waals surface area (Å²) < 4.78 is 12.3. The second kappa shape index (κ2) is 19.1. The normalized spacial score (nSPS) is 34.3. The highest BCUT2D eigenvalue weighted by Crippen LogP contribution is 2.58. The largest absolute Gasteiger partial charge is 0.494 e. The number of ketones is 1. The predicted octanol–water partition coefficient (Wildman–Crippen LogP) is 10.9. The molecule has 270 valence electrons. The Morgan fingerprint density at radius 3 is 2.45 bits per heavy atom. The molecule has 5 rings (SSSR count). The Kier molecular flexibility index (Phi) is 16.3. The van der Waals surface area contributed by atoms with E-state index in [-0.39, 0.29) is 10.8 Å². The minimum atomic E-state index is -0.959. The first-order chi connectivity index (χ1) is 22.7. The van der Waals surface area contributed by atoms with Crippen LogP contribution in [-0.2, 0) is 9.53 Å². The van der Waals surface area contributed by atoms with E-state index in [0.29, 0.717) is 42.8 Å². The summed E-state index contributed by atoms with van der Waals surface area (Å²) in [6.07, 6.45) is 16.9. The Bertz CT molecular complexity index is 1060. The van der Waals surface area contributed by atoms with E-state index in [4.69, 9.17) is 9.47 Å². The third kappa shape index (κ3) is 9.85. The Balaban J connectivity index is 0.00000144. The fourth-order valence-electron chi connectivity index (χ4n) is 10.0. The minimum absolute atomic E-state index is 0.198. The molecule has 1 heterocycles. The van der Waals surface area contributed by atoms with Gasteiger partial charge >= 0.3 is 0 Å². The number of benzene rings is 1. The van der Waals surface area contributed by atoms with Crippen LogP contribution in [0.5, 0.6) is 5.75 Å². The maximum absolute atomic E-state index is 13.5. The number of piperidine rings is 1. The second-order valence-corrected chi connectivity index (χ2v) is 15.1. The topological polar surface area (TPSA) is 59.0 Å². The van der Waals surface area contributed by atoms with E-state index in [1.807, 2.05) is 34.6 Å². The predicted molar refractivity (Wildman–Crippen MR) is 197 cm³/mol. The van der Waals surface area contributed by atoms with Crippen LogP contribution in [-0.4, -0.2) is 47.9 Å². The molecule has 0 spiro atoms. The molecular weight excluding hydrogens is 582 g/mol. The molecule has 3 aliphatic carbocycles. The maximum atomic E-state index is 13.5. The van der Waals surface area contributed by atoms with Crippen LogP contribution in [0.4, 0.5) is 0 Å². The van der Waals surface area contributed by atoms with E-state index in [0.717, 1.165) is 70.1 Å². The van der Waals surface area contributed by atoms with E-state index in [1.165, 1.54) is 57.1 Å². The Labute approximate surface area is 290 Å². The number of carbonyl (C=O) groups is 1. The summed E-state index contributed by atoms with van der Waals surface area (Å²) in [7, 11) is 0. The molecule has 47 heavy (non-hydrogen) atoms. The lowest BCUT2D eigenvalue weighted by molar-refractivity contribution is -0.246. The lowest BCUT2D eigenvalue weighted by Crippen LogP contribution is -2.49. The van der Waals surface area contributed by atoms with Crippen LogP contribution in [0.2, 0.25) is 0 Å². The third-order valence-corrected chi connectivity index (χ3v) is 12.5. The number of hydrogen-bond donors (Lipinski definition) is 1. The summed E-state index contributed by atoms with van der Waals surface area (Å²) >= 11 is 0. The highest BCUT2D eigenvalue weighted by atomic mass is 16.6. The molecule has 1 aliphatic heterocycles. The van der Waals surface area contributed by atoms with Crippen LogP contribution in [0.25, 0.3) is 0 Å². The van der Waals surface area contributed by atoms with Crippen LogP contribution in [0.3, 0.4) is 0 Å². The van der Waals surface area contributed by atoms with Gasteiger partial charge in [-0.15, -0.1) is 0 Å². The van der Waals surface area contributed by atoms with Gasteiger partial charge in [0.05, 0.1) is 6.61 Å². The van der Waals surface area contributed by atoms with Gasteiger partial charge in [-0.25, -0.2) is 0 Å². The number of aliphatic hydroxyl groups is 1. The first-order valence-corrected chi connectivity index (χ1v) is 20.1. The summed E-state index contributed by atoms with van der Waals surface area (Å²) in [5, 5.41) is 11.2. The van der Waals surface area contributed by atoms with Gasteiger partial charge in [-0.3, -0.25) is 9.69 Å². The van der Waals surface area contributed by atoms with Crippen molar-refractivity contribution in [1.29, 1.82) is 0 Å². The molecule has 0 bridgehead atoms. The summed E-state index contributed by atoms with van der Waals surface area (Å²) in [4.78, 5) is 16.2. The van der Waals surface area contributed by atoms with Gasteiger partial charge in [0.25, 0.3) is 0 Å². The van der Waals surface area contributed by atoms with Gasteiger partial charge in [0, 0.05) is 37.3 Å². The number of hydrogen-bond acceptors (Lipinski definition) is 5. The summed E-state index contributed by atoms with van der Waals surface area (Å²) in [6, 6.07) is 9.29. The van der Waals surface area contributed by atoms with E-state index in [9.17, 15) is 9.90 Å². The number of likely N-dealkylation sites (tertiary alicyclic amines) is 1. The van der Waals surface area contributed by atoms with Crippen LogP contribution < -0.4 is 4.74 Å². The minimum Gasteiger partial charge on any atom is -0.494 e. The van der Waals surface area contributed by atoms with E-state index < -0.39 is 5.79 Å². The summed E-state index contributed by atoms with van der Waals surface area (Å²) in [6.45, 7) is 20.7.